The lowest BCUT2D eigenvalue weighted by Gasteiger charge is -2.07. The van der Waals surface area contributed by atoms with Gasteiger partial charge in [0.05, 0.1) is 17.6 Å². The molecule has 2 heterocycles. The number of benzene rings is 2. The Balaban J connectivity index is 1.21. The Morgan fingerprint density at radius 1 is 0.938 bits per heavy atom. The molecule has 162 valence electrons. The molecule has 0 saturated carbocycles. The minimum absolute atomic E-state index is 0.0434. The predicted molar refractivity (Wildman–Crippen MR) is 118 cm³/mol. The lowest BCUT2D eigenvalue weighted by molar-refractivity contribution is -0.122. The molecule has 0 aliphatic rings. The van der Waals surface area contributed by atoms with E-state index in [0.29, 0.717) is 18.0 Å². The van der Waals surface area contributed by atoms with Gasteiger partial charge in [0.15, 0.2) is 6.61 Å². The van der Waals surface area contributed by atoms with Gasteiger partial charge >= 0.3 is 0 Å². The van der Waals surface area contributed by atoms with Gasteiger partial charge < -0.3 is 15.4 Å². The van der Waals surface area contributed by atoms with Crippen molar-refractivity contribution < 1.29 is 14.3 Å². The summed E-state index contributed by atoms with van der Waals surface area (Å²) in [7, 11) is 0. The van der Waals surface area contributed by atoms with Crippen molar-refractivity contribution in [3.05, 3.63) is 91.0 Å². The van der Waals surface area contributed by atoms with E-state index < -0.39 is 0 Å². The van der Waals surface area contributed by atoms with Gasteiger partial charge in [-0.1, -0.05) is 30.3 Å². The highest BCUT2D eigenvalue weighted by Gasteiger charge is 2.08. The second kappa shape index (κ2) is 10.1. The summed E-state index contributed by atoms with van der Waals surface area (Å²) < 4.78 is 8.64. The lowest BCUT2D eigenvalue weighted by atomic mass is 10.2. The number of hydrogen-bond donors (Lipinski definition) is 2. The van der Waals surface area contributed by atoms with Crippen molar-refractivity contribution in [3.8, 4) is 11.4 Å². The van der Waals surface area contributed by atoms with Crippen LogP contribution < -0.4 is 15.4 Å². The molecule has 0 bridgehead atoms. The van der Waals surface area contributed by atoms with Gasteiger partial charge in [-0.15, -0.1) is 0 Å². The molecule has 0 fully saturated rings. The summed E-state index contributed by atoms with van der Waals surface area (Å²) in [5.74, 6) is 0.122. The van der Waals surface area contributed by atoms with E-state index in [4.69, 9.17) is 4.74 Å². The average molecular weight is 430 g/mol. The molecule has 0 unspecified atom stereocenters. The molecule has 9 heteroatoms. The first-order valence-electron chi connectivity index (χ1n) is 10.0. The van der Waals surface area contributed by atoms with Gasteiger partial charge in [-0.05, 0) is 35.9 Å². The van der Waals surface area contributed by atoms with E-state index in [1.807, 2.05) is 54.7 Å². The monoisotopic (exact) mass is 430 g/mol. The van der Waals surface area contributed by atoms with Crippen molar-refractivity contribution in [3.63, 3.8) is 0 Å². The summed E-state index contributed by atoms with van der Waals surface area (Å²) in [4.78, 5) is 24.3. The second-order valence-electron chi connectivity index (χ2n) is 6.97. The van der Waals surface area contributed by atoms with Crippen LogP contribution in [0.2, 0.25) is 0 Å². The summed E-state index contributed by atoms with van der Waals surface area (Å²) in [5.41, 5.74) is 2.42. The molecule has 32 heavy (non-hydrogen) atoms. The number of nitrogens with zero attached hydrogens (tertiary/aromatic N) is 4. The van der Waals surface area contributed by atoms with Gasteiger partial charge in [0.25, 0.3) is 5.91 Å². The lowest BCUT2D eigenvalue weighted by Crippen LogP contribution is -2.27. The van der Waals surface area contributed by atoms with E-state index in [-0.39, 0.29) is 25.0 Å². The van der Waals surface area contributed by atoms with E-state index in [9.17, 15) is 9.59 Å². The quantitative estimate of drug-likeness (QED) is 0.424. The maximum absolute atomic E-state index is 12.2. The molecule has 2 N–H and O–H groups in total. The van der Waals surface area contributed by atoms with E-state index in [2.05, 4.69) is 20.8 Å². The SMILES string of the molecule is O=C(Cn1cc(NC(=O)COc2ccccc2)cn1)NCc1ccc(-n2cccn2)cc1. The van der Waals surface area contributed by atoms with Crippen molar-refractivity contribution in [1.29, 1.82) is 0 Å². The molecule has 2 aromatic heterocycles. The number of nitrogens with one attached hydrogen (secondary N) is 2. The molecule has 0 atom stereocenters. The number of amides is 2. The summed E-state index contributed by atoms with van der Waals surface area (Å²) in [5, 5.41) is 13.9. The van der Waals surface area contributed by atoms with Crippen LogP contribution in [0.4, 0.5) is 5.69 Å². The fourth-order valence-electron chi connectivity index (χ4n) is 2.97. The highest BCUT2D eigenvalue weighted by Crippen LogP contribution is 2.10. The number of ether oxygens (including phenoxy) is 1. The van der Waals surface area contributed by atoms with Crippen LogP contribution in [0.5, 0.6) is 5.75 Å². The molecule has 4 rings (SSSR count). The minimum Gasteiger partial charge on any atom is -0.484 e. The van der Waals surface area contributed by atoms with Gasteiger partial charge in [-0.2, -0.15) is 10.2 Å². The highest BCUT2D eigenvalue weighted by molar-refractivity contribution is 5.91. The van der Waals surface area contributed by atoms with Crippen molar-refractivity contribution in [2.24, 2.45) is 0 Å². The zero-order valence-corrected chi connectivity index (χ0v) is 17.2. The number of carbonyl (C=O) groups excluding carboxylic acids is 2. The molecular weight excluding hydrogens is 408 g/mol. The number of rotatable bonds is 9. The van der Waals surface area contributed by atoms with E-state index in [1.54, 1.807) is 29.2 Å². The third kappa shape index (κ3) is 5.82. The first-order chi connectivity index (χ1) is 15.7. The van der Waals surface area contributed by atoms with Crippen LogP contribution in [0.15, 0.2) is 85.5 Å². The van der Waals surface area contributed by atoms with E-state index in [0.717, 1.165) is 11.3 Å². The zero-order valence-electron chi connectivity index (χ0n) is 17.2. The Morgan fingerprint density at radius 2 is 1.75 bits per heavy atom. The van der Waals surface area contributed by atoms with Crippen LogP contribution >= 0.6 is 0 Å². The molecule has 2 aromatic carbocycles. The third-order valence-electron chi connectivity index (χ3n) is 4.53. The summed E-state index contributed by atoms with van der Waals surface area (Å²) in [6.07, 6.45) is 6.67. The normalized spacial score (nSPS) is 10.5. The van der Waals surface area contributed by atoms with E-state index in [1.165, 1.54) is 10.9 Å². The Labute approximate surface area is 184 Å². The van der Waals surface area contributed by atoms with Gasteiger partial charge in [-0.25, -0.2) is 4.68 Å². The van der Waals surface area contributed by atoms with Crippen molar-refractivity contribution in [2.45, 2.75) is 13.1 Å². The van der Waals surface area contributed by atoms with Crippen LogP contribution in [0.25, 0.3) is 5.69 Å². The molecule has 4 aromatic rings. The second-order valence-corrected chi connectivity index (χ2v) is 6.97. The molecule has 0 radical (unpaired) electrons. The number of aromatic nitrogens is 4. The van der Waals surface area contributed by atoms with Gasteiger partial charge in [0.1, 0.15) is 12.3 Å². The Hall–Kier alpha value is -4.40. The Kier molecular flexibility index (Phi) is 6.57. The summed E-state index contributed by atoms with van der Waals surface area (Å²) >= 11 is 0. The van der Waals surface area contributed by atoms with Crippen LogP contribution in [0.3, 0.4) is 0 Å². The largest absolute Gasteiger partial charge is 0.484 e. The van der Waals surface area contributed by atoms with Gasteiger partial charge in [-0.3, -0.25) is 14.3 Å². The van der Waals surface area contributed by atoms with Gasteiger partial charge in [0, 0.05) is 25.1 Å². The molecule has 0 aliphatic carbocycles. The predicted octanol–water partition coefficient (Wildman–Crippen LogP) is 2.40. The molecule has 0 saturated heterocycles. The topological polar surface area (TPSA) is 103 Å². The zero-order chi connectivity index (χ0) is 22.2. The van der Waals surface area contributed by atoms with Crippen LogP contribution in [-0.2, 0) is 22.7 Å². The molecule has 0 spiro atoms. The van der Waals surface area contributed by atoms with Crippen LogP contribution in [-0.4, -0.2) is 38.0 Å². The number of hydrogen-bond acceptors (Lipinski definition) is 5. The summed E-state index contributed by atoms with van der Waals surface area (Å²) in [6.45, 7) is 0.330. The van der Waals surface area contributed by atoms with E-state index >= 15 is 0 Å². The number of carbonyl (C=O) groups is 2. The Morgan fingerprint density at radius 3 is 2.50 bits per heavy atom. The molecular formula is C23H22N6O3. The average Bonchev–Trinajstić information content (AvgIpc) is 3.50. The minimum atomic E-state index is -0.309. The van der Waals surface area contributed by atoms with Crippen LogP contribution in [0.1, 0.15) is 5.56 Å². The van der Waals surface area contributed by atoms with Crippen molar-refractivity contribution >= 4 is 17.5 Å². The first kappa shape index (κ1) is 20.9. The number of anilines is 1. The molecule has 9 nitrogen and oxygen atoms in total. The van der Waals surface area contributed by atoms with Crippen molar-refractivity contribution in [1.82, 2.24) is 24.9 Å². The Bertz CT molecular complexity index is 1150. The number of para-hydroxylation sites is 1. The summed E-state index contributed by atoms with van der Waals surface area (Å²) in [6, 6.07) is 18.7. The van der Waals surface area contributed by atoms with Crippen molar-refractivity contribution in [2.75, 3.05) is 11.9 Å². The molecule has 2 amide bonds. The smallest absolute Gasteiger partial charge is 0.262 e. The maximum atomic E-state index is 12.2. The highest BCUT2D eigenvalue weighted by atomic mass is 16.5. The fourth-order valence-corrected chi connectivity index (χ4v) is 2.97. The van der Waals surface area contributed by atoms with Crippen LogP contribution in [0, 0.1) is 0 Å². The first-order valence-corrected chi connectivity index (χ1v) is 10.0. The fraction of sp³-hybridized carbons (Fsp3) is 0.130. The third-order valence-corrected chi connectivity index (χ3v) is 4.53. The van der Waals surface area contributed by atoms with Gasteiger partial charge in [0.2, 0.25) is 5.91 Å². The maximum Gasteiger partial charge on any atom is 0.262 e. The standard InChI is InChI=1S/C23H22N6O3/c30-22(24-13-18-7-9-20(10-8-18)29-12-4-11-25-29)16-28-15-19(14-26-28)27-23(31)17-32-21-5-2-1-3-6-21/h1-12,14-15H,13,16-17H2,(H,24,30)(H,27,31). The molecule has 0 aliphatic heterocycles.